The molecule has 1 N–H and O–H groups in total. The zero-order valence-corrected chi connectivity index (χ0v) is 9.92. The van der Waals surface area contributed by atoms with E-state index in [1.165, 1.54) is 5.56 Å². The zero-order chi connectivity index (χ0) is 11.5. The van der Waals surface area contributed by atoms with Crippen molar-refractivity contribution >= 4 is 5.91 Å². The van der Waals surface area contributed by atoms with Crippen LogP contribution in [0.4, 0.5) is 0 Å². The van der Waals surface area contributed by atoms with Gasteiger partial charge in [0.2, 0.25) is 0 Å². The summed E-state index contributed by atoms with van der Waals surface area (Å²) in [7, 11) is 0. The highest BCUT2D eigenvalue weighted by Gasteiger charge is 2.19. The van der Waals surface area contributed by atoms with Crippen LogP contribution < -0.4 is 5.32 Å². The number of carbonyl (C=O) groups excluding carboxylic acids is 1. The molecule has 2 rings (SSSR count). The molecule has 1 amide bonds. The summed E-state index contributed by atoms with van der Waals surface area (Å²) >= 11 is 0. The first kappa shape index (κ1) is 11.1. The summed E-state index contributed by atoms with van der Waals surface area (Å²) in [5, 5.41) is 3.25. The van der Waals surface area contributed by atoms with E-state index in [0.717, 1.165) is 37.3 Å². The third-order valence-electron chi connectivity index (χ3n) is 3.24. The summed E-state index contributed by atoms with van der Waals surface area (Å²) in [6, 6.07) is 5.92. The highest BCUT2D eigenvalue weighted by molar-refractivity contribution is 5.96. The van der Waals surface area contributed by atoms with Crippen LogP contribution in [0.25, 0.3) is 0 Å². The van der Waals surface area contributed by atoms with E-state index in [0.29, 0.717) is 0 Å². The van der Waals surface area contributed by atoms with Crippen molar-refractivity contribution < 1.29 is 4.79 Å². The molecule has 1 saturated heterocycles. The number of hydrogen-bond donors (Lipinski definition) is 1. The van der Waals surface area contributed by atoms with Gasteiger partial charge in [-0.2, -0.15) is 0 Å². The minimum atomic E-state index is 0.169. The zero-order valence-electron chi connectivity index (χ0n) is 9.92. The van der Waals surface area contributed by atoms with E-state index in [1.807, 2.05) is 36.9 Å². The van der Waals surface area contributed by atoms with Gasteiger partial charge >= 0.3 is 0 Å². The Morgan fingerprint density at radius 2 is 1.94 bits per heavy atom. The summed E-state index contributed by atoms with van der Waals surface area (Å²) in [4.78, 5) is 14.2. The molecule has 0 aliphatic carbocycles. The summed E-state index contributed by atoms with van der Waals surface area (Å²) in [5.41, 5.74) is 3.13. The number of benzene rings is 1. The van der Waals surface area contributed by atoms with Gasteiger partial charge in [-0.25, -0.2) is 0 Å². The number of amides is 1. The van der Waals surface area contributed by atoms with Crippen LogP contribution in [0, 0.1) is 13.8 Å². The molecule has 0 radical (unpaired) electrons. The van der Waals surface area contributed by atoms with Gasteiger partial charge in [0.25, 0.3) is 5.91 Å². The van der Waals surface area contributed by atoms with Crippen molar-refractivity contribution in [3.8, 4) is 0 Å². The Morgan fingerprint density at radius 1 is 1.25 bits per heavy atom. The fraction of sp³-hybridized carbons (Fsp3) is 0.462. The fourth-order valence-electron chi connectivity index (χ4n) is 2.02. The molecule has 0 atom stereocenters. The lowest BCUT2D eigenvalue weighted by molar-refractivity contribution is 0.0735. The topological polar surface area (TPSA) is 32.3 Å². The Labute approximate surface area is 96.5 Å². The normalized spacial score (nSPS) is 16.2. The summed E-state index contributed by atoms with van der Waals surface area (Å²) in [6.07, 6.45) is 0. The number of nitrogens with one attached hydrogen (secondary N) is 1. The fourth-order valence-corrected chi connectivity index (χ4v) is 2.02. The van der Waals surface area contributed by atoms with Crippen LogP contribution >= 0.6 is 0 Å². The minimum absolute atomic E-state index is 0.169. The molecule has 1 heterocycles. The van der Waals surface area contributed by atoms with Crippen LogP contribution in [0.1, 0.15) is 21.5 Å². The van der Waals surface area contributed by atoms with Crippen LogP contribution in [-0.4, -0.2) is 37.0 Å². The highest BCUT2D eigenvalue weighted by Crippen LogP contribution is 2.15. The number of piperazine rings is 1. The number of nitrogens with zero attached hydrogens (tertiary/aromatic N) is 1. The standard InChI is InChI=1S/C13H18N2O/c1-10-4-3-5-12(11(10)2)13(16)15-8-6-14-7-9-15/h3-5,14H,6-9H2,1-2H3. The van der Waals surface area contributed by atoms with E-state index in [4.69, 9.17) is 0 Å². The molecule has 1 aliphatic rings. The van der Waals surface area contributed by atoms with Crippen molar-refractivity contribution in [1.29, 1.82) is 0 Å². The molecule has 1 aromatic rings. The molecular weight excluding hydrogens is 200 g/mol. The lowest BCUT2D eigenvalue weighted by Gasteiger charge is -2.28. The van der Waals surface area contributed by atoms with Gasteiger partial charge in [-0.3, -0.25) is 4.79 Å². The summed E-state index contributed by atoms with van der Waals surface area (Å²) in [6.45, 7) is 7.49. The molecule has 0 spiro atoms. The first-order valence-electron chi connectivity index (χ1n) is 5.76. The largest absolute Gasteiger partial charge is 0.336 e. The van der Waals surface area contributed by atoms with E-state index in [9.17, 15) is 4.79 Å². The monoisotopic (exact) mass is 218 g/mol. The van der Waals surface area contributed by atoms with Gasteiger partial charge in [-0.05, 0) is 31.0 Å². The number of carbonyl (C=O) groups is 1. The average Bonchev–Trinajstić information content (AvgIpc) is 2.33. The minimum Gasteiger partial charge on any atom is -0.336 e. The Balaban J connectivity index is 2.22. The number of rotatable bonds is 1. The van der Waals surface area contributed by atoms with Gasteiger partial charge in [-0.1, -0.05) is 12.1 Å². The van der Waals surface area contributed by atoms with Crippen LogP contribution in [0.2, 0.25) is 0 Å². The van der Waals surface area contributed by atoms with Gasteiger partial charge in [0.15, 0.2) is 0 Å². The van der Waals surface area contributed by atoms with Crippen molar-refractivity contribution in [3.05, 3.63) is 34.9 Å². The molecule has 86 valence electrons. The van der Waals surface area contributed by atoms with Gasteiger partial charge in [0.1, 0.15) is 0 Å². The summed E-state index contributed by atoms with van der Waals surface area (Å²) in [5.74, 6) is 0.169. The van der Waals surface area contributed by atoms with Gasteiger partial charge in [0.05, 0.1) is 0 Å². The summed E-state index contributed by atoms with van der Waals surface area (Å²) < 4.78 is 0. The first-order chi connectivity index (χ1) is 7.70. The molecule has 3 heteroatoms. The Morgan fingerprint density at radius 3 is 2.62 bits per heavy atom. The predicted octanol–water partition coefficient (Wildman–Crippen LogP) is 1.35. The van der Waals surface area contributed by atoms with E-state index < -0.39 is 0 Å². The average molecular weight is 218 g/mol. The first-order valence-corrected chi connectivity index (χ1v) is 5.76. The van der Waals surface area contributed by atoms with Crippen molar-refractivity contribution in [2.75, 3.05) is 26.2 Å². The van der Waals surface area contributed by atoms with Gasteiger partial charge in [0, 0.05) is 31.7 Å². The molecule has 0 bridgehead atoms. The van der Waals surface area contributed by atoms with E-state index in [-0.39, 0.29) is 5.91 Å². The molecule has 3 nitrogen and oxygen atoms in total. The van der Waals surface area contributed by atoms with E-state index in [2.05, 4.69) is 5.32 Å². The van der Waals surface area contributed by atoms with Gasteiger partial charge < -0.3 is 10.2 Å². The maximum absolute atomic E-state index is 12.3. The quantitative estimate of drug-likeness (QED) is 0.771. The second-order valence-electron chi connectivity index (χ2n) is 4.29. The molecule has 1 aliphatic heterocycles. The molecule has 1 fully saturated rings. The molecule has 0 saturated carbocycles. The predicted molar refractivity (Wildman–Crippen MR) is 64.7 cm³/mol. The molecule has 16 heavy (non-hydrogen) atoms. The Bertz CT molecular complexity index is 395. The third-order valence-corrected chi connectivity index (χ3v) is 3.24. The van der Waals surface area contributed by atoms with E-state index in [1.54, 1.807) is 0 Å². The molecule has 0 unspecified atom stereocenters. The van der Waals surface area contributed by atoms with Gasteiger partial charge in [-0.15, -0.1) is 0 Å². The van der Waals surface area contributed by atoms with Crippen molar-refractivity contribution in [2.45, 2.75) is 13.8 Å². The Hall–Kier alpha value is -1.35. The van der Waals surface area contributed by atoms with Crippen LogP contribution in [0.5, 0.6) is 0 Å². The SMILES string of the molecule is Cc1cccc(C(=O)N2CCNCC2)c1C. The van der Waals surface area contributed by atoms with Crippen molar-refractivity contribution in [3.63, 3.8) is 0 Å². The Kier molecular flexibility index (Phi) is 3.25. The highest BCUT2D eigenvalue weighted by atomic mass is 16.2. The second-order valence-corrected chi connectivity index (χ2v) is 4.29. The smallest absolute Gasteiger partial charge is 0.254 e. The van der Waals surface area contributed by atoms with Crippen molar-refractivity contribution in [1.82, 2.24) is 10.2 Å². The van der Waals surface area contributed by atoms with Crippen molar-refractivity contribution in [2.24, 2.45) is 0 Å². The lowest BCUT2D eigenvalue weighted by atomic mass is 10.0. The number of aryl methyl sites for hydroxylation is 1. The maximum Gasteiger partial charge on any atom is 0.254 e. The molecule has 1 aromatic carbocycles. The van der Waals surface area contributed by atoms with Crippen LogP contribution in [0.3, 0.4) is 0 Å². The molecular formula is C13H18N2O. The number of hydrogen-bond acceptors (Lipinski definition) is 2. The maximum atomic E-state index is 12.3. The third kappa shape index (κ3) is 2.09. The lowest BCUT2D eigenvalue weighted by Crippen LogP contribution is -2.46. The second kappa shape index (κ2) is 4.66. The van der Waals surface area contributed by atoms with Crippen LogP contribution in [0.15, 0.2) is 18.2 Å². The van der Waals surface area contributed by atoms with E-state index >= 15 is 0 Å². The molecule has 0 aromatic heterocycles. The van der Waals surface area contributed by atoms with Crippen LogP contribution in [-0.2, 0) is 0 Å².